The lowest BCUT2D eigenvalue weighted by Gasteiger charge is -2.31. The van der Waals surface area contributed by atoms with E-state index in [0.29, 0.717) is 24.1 Å². The van der Waals surface area contributed by atoms with Gasteiger partial charge in [-0.05, 0) is 79.1 Å². The van der Waals surface area contributed by atoms with E-state index in [4.69, 9.17) is 23.2 Å². The lowest BCUT2D eigenvalue weighted by Crippen LogP contribution is -2.35. The molecule has 0 amide bonds. The van der Waals surface area contributed by atoms with Gasteiger partial charge >= 0.3 is 0 Å². The van der Waals surface area contributed by atoms with Crippen LogP contribution in [0.2, 0.25) is 10.0 Å². The van der Waals surface area contributed by atoms with Gasteiger partial charge in [0.15, 0.2) is 0 Å². The summed E-state index contributed by atoms with van der Waals surface area (Å²) in [4.78, 5) is -0.183. The average Bonchev–Trinajstić information content (AvgIpc) is 2.74. The van der Waals surface area contributed by atoms with Crippen molar-refractivity contribution in [2.24, 2.45) is 0 Å². The van der Waals surface area contributed by atoms with Gasteiger partial charge in [0.1, 0.15) is 10.7 Å². The molecule has 0 unspecified atom stereocenters. The third kappa shape index (κ3) is 4.43. The molecule has 0 saturated carbocycles. The maximum Gasteiger partial charge on any atom is 0.264 e. The van der Waals surface area contributed by atoms with Crippen LogP contribution in [0.15, 0.2) is 70.5 Å². The van der Waals surface area contributed by atoms with E-state index in [0.717, 1.165) is 12.1 Å². The summed E-state index contributed by atoms with van der Waals surface area (Å²) in [7, 11) is -7.91. The fraction of sp³-hybridized carbons (Fsp3) is 0.143. The van der Waals surface area contributed by atoms with E-state index in [2.05, 4.69) is 4.72 Å². The zero-order chi connectivity index (χ0) is 23.1. The second-order valence-electron chi connectivity index (χ2n) is 7.16. The van der Waals surface area contributed by atoms with E-state index >= 15 is 0 Å². The maximum atomic E-state index is 13.2. The smallest absolute Gasteiger partial charge is 0.264 e. The van der Waals surface area contributed by atoms with Crippen molar-refractivity contribution >= 4 is 54.6 Å². The minimum absolute atomic E-state index is 0.0212. The molecule has 1 aliphatic heterocycles. The minimum atomic E-state index is -4.02. The number of nitrogens with zero attached hydrogens (tertiary/aromatic N) is 1. The summed E-state index contributed by atoms with van der Waals surface area (Å²) in [5.41, 5.74) is 1.38. The quantitative estimate of drug-likeness (QED) is 0.514. The van der Waals surface area contributed by atoms with Crippen LogP contribution in [0.25, 0.3) is 0 Å². The van der Waals surface area contributed by atoms with Crippen LogP contribution in [-0.2, 0) is 26.5 Å². The molecule has 1 aliphatic rings. The van der Waals surface area contributed by atoms with Gasteiger partial charge in [-0.3, -0.25) is 9.03 Å². The highest BCUT2D eigenvalue weighted by atomic mass is 35.5. The first-order valence-corrected chi connectivity index (χ1v) is 13.1. The molecule has 1 heterocycles. The maximum absolute atomic E-state index is 13.2. The number of halogens is 3. The van der Waals surface area contributed by atoms with Crippen LogP contribution in [0.3, 0.4) is 0 Å². The van der Waals surface area contributed by atoms with Crippen molar-refractivity contribution in [1.29, 1.82) is 0 Å². The molecule has 6 nitrogen and oxygen atoms in total. The second kappa shape index (κ2) is 8.55. The van der Waals surface area contributed by atoms with Crippen molar-refractivity contribution < 1.29 is 21.2 Å². The second-order valence-corrected chi connectivity index (χ2v) is 11.5. The van der Waals surface area contributed by atoms with Crippen LogP contribution in [-0.4, -0.2) is 23.4 Å². The third-order valence-corrected chi connectivity index (χ3v) is 8.92. The van der Waals surface area contributed by atoms with Gasteiger partial charge in [-0.25, -0.2) is 21.2 Å². The van der Waals surface area contributed by atoms with Crippen molar-refractivity contribution in [3.63, 3.8) is 0 Å². The Hall–Kier alpha value is -2.33. The van der Waals surface area contributed by atoms with Gasteiger partial charge in [0.25, 0.3) is 20.0 Å². The molecule has 0 atom stereocenters. The fourth-order valence-corrected chi connectivity index (χ4v) is 6.86. The van der Waals surface area contributed by atoms with E-state index < -0.39 is 25.9 Å². The van der Waals surface area contributed by atoms with Gasteiger partial charge in [-0.15, -0.1) is 0 Å². The Morgan fingerprint density at radius 1 is 0.906 bits per heavy atom. The van der Waals surface area contributed by atoms with Crippen LogP contribution in [0.4, 0.5) is 15.8 Å². The van der Waals surface area contributed by atoms with E-state index in [1.165, 1.54) is 40.7 Å². The first-order chi connectivity index (χ1) is 15.1. The number of sulfonamides is 2. The van der Waals surface area contributed by atoms with E-state index in [-0.39, 0.29) is 32.1 Å². The van der Waals surface area contributed by atoms with Crippen LogP contribution < -0.4 is 9.03 Å². The van der Waals surface area contributed by atoms with Gasteiger partial charge in [-0.1, -0.05) is 23.2 Å². The summed E-state index contributed by atoms with van der Waals surface area (Å²) in [6, 6.07) is 13.4. The standard InChI is InChI=1S/C21H17Cl2FN2O4S2/c22-15-3-9-19(23)21(13-15)31(27,28)25-17-6-10-20-14(12-17)2-1-11-26(20)32(29,30)18-7-4-16(24)5-8-18/h3-10,12-13,25H,1-2,11H2. The highest BCUT2D eigenvalue weighted by molar-refractivity contribution is 7.93. The van der Waals surface area contributed by atoms with Crippen LogP contribution in [0.1, 0.15) is 12.0 Å². The molecule has 0 saturated heterocycles. The summed E-state index contributed by atoms with van der Waals surface area (Å²) in [5, 5.41) is 0.248. The van der Waals surface area contributed by atoms with E-state index in [1.54, 1.807) is 12.1 Å². The molecule has 168 valence electrons. The highest BCUT2D eigenvalue weighted by Crippen LogP contribution is 2.35. The molecule has 0 spiro atoms. The predicted octanol–water partition coefficient (Wildman–Crippen LogP) is 5.07. The van der Waals surface area contributed by atoms with Crippen molar-refractivity contribution in [3.8, 4) is 0 Å². The zero-order valence-electron chi connectivity index (χ0n) is 16.4. The summed E-state index contributed by atoms with van der Waals surface area (Å²) in [5.74, 6) is -0.528. The molecule has 0 fully saturated rings. The van der Waals surface area contributed by atoms with Crippen molar-refractivity contribution in [3.05, 3.63) is 82.1 Å². The first-order valence-electron chi connectivity index (χ1n) is 9.47. The summed E-state index contributed by atoms with van der Waals surface area (Å²) < 4.78 is 68.7. The van der Waals surface area contributed by atoms with Gasteiger partial charge in [0.2, 0.25) is 0 Å². The van der Waals surface area contributed by atoms with Crippen molar-refractivity contribution in [1.82, 2.24) is 0 Å². The third-order valence-electron chi connectivity index (χ3n) is 4.99. The number of hydrogen-bond donors (Lipinski definition) is 1. The number of hydrogen-bond acceptors (Lipinski definition) is 4. The largest absolute Gasteiger partial charge is 0.280 e. The normalized spacial score (nSPS) is 14.2. The Morgan fingerprint density at radius 3 is 2.34 bits per heavy atom. The summed E-state index contributed by atoms with van der Waals surface area (Å²) in [6.07, 6.45) is 1.11. The molecular formula is C21H17Cl2FN2O4S2. The first kappa shape index (κ1) is 22.8. The molecule has 0 bridgehead atoms. The topological polar surface area (TPSA) is 83.6 Å². The molecule has 32 heavy (non-hydrogen) atoms. The van der Waals surface area contributed by atoms with Gasteiger partial charge in [0.05, 0.1) is 15.6 Å². The van der Waals surface area contributed by atoms with Gasteiger partial charge in [-0.2, -0.15) is 0 Å². The van der Waals surface area contributed by atoms with Crippen LogP contribution in [0.5, 0.6) is 0 Å². The average molecular weight is 515 g/mol. The summed E-state index contributed by atoms with van der Waals surface area (Å²) in [6.45, 7) is 0.260. The minimum Gasteiger partial charge on any atom is -0.280 e. The van der Waals surface area contributed by atoms with E-state index in [1.807, 2.05) is 0 Å². The molecule has 11 heteroatoms. The number of benzene rings is 3. The molecule has 0 aliphatic carbocycles. The predicted molar refractivity (Wildman–Crippen MR) is 123 cm³/mol. The van der Waals surface area contributed by atoms with E-state index in [9.17, 15) is 21.2 Å². The molecule has 0 radical (unpaired) electrons. The molecular weight excluding hydrogens is 498 g/mol. The number of nitrogens with one attached hydrogen (secondary N) is 1. The Morgan fingerprint density at radius 2 is 1.62 bits per heavy atom. The van der Waals surface area contributed by atoms with Crippen molar-refractivity contribution in [2.75, 3.05) is 15.6 Å². The Balaban J connectivity index is 1.66. The number of rotatable bonds is 5. The molecule has 4 rings (SSSR count). The Labute approximate surface area is 195 Å². The van der Waals surface area contributed by atoms with Crippen LogP contribution in [0, 0.1) is 5.82 Å². The summed E-state index contributed by atoms with van der Waals surface area (Å²) >= 11 is 11.9. The molecule has 3 aromatic carbocycles. The number of anilines is 2. The van der Waals surface area contributed by atoms with Crippen LogP contribution >= 0.6 is 23.2 Å². The van der Waals surface area contributed by atoms with Gasteiger partial charge < -0.3 is 0 Å². The van der Waals surface area contributed by atoms with Crippen molar-refractivity contribution in [2.45, 2.75) is 22.6 Å². The lowest BCUT2D eigenvalue weighted by molar-refractivity contribution is 0.585. The SMILES string of the molecule is O=S(=O)(Nc1ccc2c(c1)CCCN2S(=O)(=O)c1ccc(F)cc1)c1cc(Cl)ccc1Cl. The zero-order valence-corrected chi connectivity index (χ0v) is 19.6. The molecule has 0 aromatic heterocycles. The Kier molecular flexibility index (Phi) is 6.10. The Bertz CT molecular complexity index is 1400. The fourth-order valence-electron chi connectivity index (χ4n) is 3.50. The molecule has 1 N–H and O–H groups in total. The number of aryl methyl sites for hydroxylation is 1. The lowest BCUT2D eigenvalue weighted by atomic mass is 10.0. The van der Waals surface area contributed by atoms with Gasteiger partial charge in [0, 0.05) is 17.3 Å². The highest BCUT2D eigenvalue weighted by Gasteiger charge is 2.29. The number of fused-ring (bicyclic) bond motifs is 1. The molecule has 3 aromatic rings. The monoisotopic (exact) mass is 514 g/mol.